The quantitative estimate of drug-likeness (QED) is 0.519. The first-order chi connectivity index (χ1) is 3.41. The summed E-state index contributed by atoms with van der Waals surface area (Å²) in [6.45, 7) is 0.931. The lowest BCUT2D eigenvalue weighted by molar-refractivity contribution is 0.910. The van der Waals surface area contributed by atoms with Crippen molar-refractivity contribution in [3.63, 3.8) is 0 Å². The van der Waals surface area contributed by atoms with Crippen LogP contribution in [0, 0.1) is 0 Å². The lowest BCUT2D eigenvalue weighted by Crippen LogP contribution is -2.05. The summed E-state index contributed by atoms with van der Waals surface area (Å²) in [6.07, 6.45) is 3.91. The molecular weight excluding hydrogens is 88.1 g/mol. The summed E-state index contributed by atoms with van der Waals surface area (Å²) in [5.41, 5.74) is 0. The van der Waals surface area contributed by atoms with E-state index in [4.69, 9.17) is 0 Å². The van der Waals surface area contributed by atoms with Crippen LogP contribution in [0.5, 0.6) is 0 Å². The van der Waals surface area contributed by atoms with E-state index in [2.05, 4.69) is 10.6 Å². The van der Waals surface area contributed by atoms with Gasteiger partial charge in [-0.3, -0.25) is 0 Å². The van der Waals surface area contributed by atoms with Gasteiger partial charge in [-0.25, -0.2) is 0 Å². The van der Waals surface area contributed by atoms with E-state index >= 15 is 0 Å². The van der Waals surface area contributed by atoms with E-state index in [1.165, 1.54) is 0 Å². The van der Waals surface area contributed by atoms with Gasteiger partial charge in [0.25, 0.3) is 0 Å². The monoisotopic (exact) mass is 100 g/mol. The fourth-order valence-electron chi connectivity index (χ4n) is 0.295. The highest BCUT2D eigenvalue weighted by atomic mass is 14.8. The van der Waals surface area contributed by atoms with Crippen LogP contribution in [-0.4, -0.2) is 20.6 Å². The van der Waals surface area contributed by atoms with Crippen molar-refractivity contribution >= 4 is 0 Å². The van der Waals surface area contributed by atoms with E-state index in [0.717, 1.165) is 6.54 Å². The van der Waals surface area contributed by atoms with Gasteiger partial charge in [-0.2, -0.15) is 0 Å². The predicted molar refractivity (Wildman–Crippen MR) is 32.1 cm³/mol. The van der Waals surface area contributed by atoms with Gasteiger partial charge in [-0.1, -0.05) is 6.08 Å². The molecule has 0 fully saturated rings. The topological polar surface area (TPSA) is 24.1 Å². The summed E-state index contributed by atoms with van der Waals surface area (Å²) >= 11 is 0. The third-order valence-electron chi connectivity index (χ3n) is 0.606. The first-order valence-electron chi connectivity index (χ1n) is 2.38. The van der Waals surface area contributed by atoms with E-state index in [-0.39, 0.29) is 0 Å². The number of nitrogens with one attached hydrogen (secondary N) is 2. The molecule has 0 atom stereocenters. The molecule has 0 amide bonds. The molecule has 0 bridgehead atoms. The summed E-state index contributed by atoms with van der Waals surface area (Å²) in [4.78, 5) is 0. The number of likely N-dealkylation sites (N-methyl/N-ethyl adjacent to an activating group) is 1. The van der Waals surface area contributed by atoms with Crippen LogP contribution in [0.2, 0.25) is 0 Å². The van der Waals surface area contributed by atoms with Gasteiger partial charge in [-0.15, -0.1) is 0 Å². The van der Waals surface area contributed by atoms with Crippen LogP contribution < -0.4 is 10.6 Å². The molecule has 0 aliphatic carbocycles. The van der Waals surface area contributed by atoms with E-state index < -0.39 is 0 Å². The fourth-order valence-corrected chi connectivity index (χ4v) is 0.295. The molecule has 42 valence electrons. The molecule has 0 aliphatic heterocycles. The molecule has 0 heterocycles. The SMILES string of the molecule is CN/C=C\CNC. The highest BCUT2D eigenvalue weighted by Gasteiger charge is 1.63. The minimum absolute atomic E-state index is 0.931. The maximum Gasteiger partial charge on any atom is 0.0148 e. The molecular formula is C5H12N2. The van der Waals surface area contributed by atoms with Crippen LogP contribution >= 0.6 is 0 Å². The average Bonchev–Trinajstić information content (AvgIpc) is 1.69. The van der Waals surface area contributed by atoms with Crippen LogP contribution in [0.1, 0.15) is 0 Å². The minimum atomic E-state index is 0.931. The van der Waals surface area contributed by atoms with E-state index in [1.807, 2.05) is 26.4 Å². The largest absolute Gasteiger partial charge is 0.394 e. The van der Waals surface area contributed by atoms with Crippen molar-refractivity contribution in [1.29, 1.82) is 0 Å². The maximum atomic E-state index is 2.98. The third-order valence-corrected chi connectivity index (χ3v) is 0.606. The van der Waals surface area contributed by atoms with Crippen molar-refractivity contribution in [2.24, 2.45) is 0 Å². The standard InChI is InChI=1S/C5H12N2/c1-6-4-3-5-7-2/h3-4,6-7H,5H2,1-2H3/b4-3-. The van der Waals surface area contributed by atoms with Gasteiger partial charge in [0.1, 0.15) is 0 Å². The predicted octanol–water partition coefficient (Wildman–Crippen LogP) is -0.0611. The number of hydrogen-bond acceptors (Lipinski definition) is 2. The molecule has 0 saturated carbocycles. The Balaban J connectivity index is 2.78. The van der Waals surface area contributed by atoms with E-state index in [1.54, 1.807) is 0 Å². The van der Waals surface area contributed by atoms with Gasteiger partial charge < -0.3 is 10.6 Å². The molecule has 0 radical (unpaired) electrons. The van der Waals surface area contributed by atoms with Crippen molar-refractivity contribution in [1.82, 2.24) is 10.6 Å². The van der Waals surface area contributed by atoms with Crippen molar-refractivity contribution in [2.45, 2.75) is 0 Å². The van der Waals surface area contributed by atoms with Crippen LogP contribution in [0.3, 0.4) is 0 Å². The molecule has 0 aromatic heterocycles. The summed E-state index contributed by atoms with van der Waals surface area (Å²) in [5.74, 6) is 0. The van der Waals surface area contributed by atoms with Crippen LogP contribution in [0.25, 0.3) is 0 Å². The maximum absolute atomic E-state index is 2.98. The van der Waals surface area contributed by atoms with Gasteiger partial charge in [0, 0.05) is 13.6 Å². The first-order valence-corrected chi connectivity index (χ1v) is 2.38. The van der Waals surface area contributed by atoms with Gasteiger partial charge >= 0.3 is 0 Å². The minimum Gasteiger partial charge on any atom is -0.394 e. The lowest BCUT2D eigenvalue weighted by Gasteiger charge is -1.86. The Bertz CT molecular complexity index is 50.0. The smallest absolute Gasteiger partial charge is 0.0148 e. The van der Waals surface area contributed by atoms with Crippen molar-refractivity contribution < 1.29 is 0 Å². The van der Waals surface area contributed by atoms with Gasteiger partial charge in [0.15, 0.2) is 0 Å². The lowest BCUT2D eigenvalue weighted by atomic mass is 10.6. The van der Waals surface area contributed by atoms with Crippen LogP contribution in [0.4, 0.5) is 0 Å². The molecule has 2 nitrogen and oxygen atoms in total. The van der Waals surface area contributed by atoms with Gasteiger partial charge in [0.2, 0.25) is 0 Å². The second-order valence-electron chi connectivity index (χ2n) is 1.25. The van der Waals surface area contributed by atoms with Crippen LogP contribution in [0.15, 0.2) is 12.3 Å². The normalized spacial score (nSPS) is 10.0. The first kappa shape index (κ1) is 6.50. The Kier molecular flexibility index (Phi) is 5.11. The fraction of sp³-hybridized carbons (Fsp3) is 0.600. The molecule has 7 heavy (non-hydrogen) atoms. The zero-order valence-corrected chi connectivity index (χ0v) is 4.86. The van der Waals surface area contributed by atoms with Crippen LogP contribution in [-0.2, 0) is 0 Å². The molecule has 2 heteroatoms. The Morgan fingerprint density at radius 3 is 2.57 bits per heavy atom. The molecule has 0 spiro atoms. The summed E-state index contributed by atoms with van der Waals surface area (Å²) in [5, 5.41) is 5.86. The Morgan fingerprint density at radius 1 is 1.43 bits per heavy atom. The van der Waals surface area contributed by atoms with Crippen molar-refractivity contribution in [3.05, 3.63) is 12.3 Å². The number of hydrogen-bond donors (Lipinski definition) is 2. The van der Waals surface area contributed by atoms with Crippen molar-refractivity contribution in [2.75, 3.05) is 20.6 Å². The Labute approximate surface area is 44.6 Å². The summed E-state index contributed by atoms with van der Waals surface area (Å²) in [7, 11) is 3.80. The summed E-state index contributed by atoms with van der Waals surface area (Å²) in [6, 6.07) is 0. The second kappa shape index (κ2) is 5.50. The van der Waals surface area contributed by atoms with Gasteiger partial charge in [-0.05, 0) is 13.2 Å². The molecule has 2 N–H and O–H groups in total. The third kappa shape index (κ3) is 5.50. The van der Waals surface area contributed by atoms with E-state index in [0.29, 0.717) is 0 Å². The highest BCUT2D eigenvalue weighted by molar-refractivity contribution is 4.78. The molecule has 0 rings (SSSR count). The van der Waals surface area contributed by atoms with Crippen molar-refractivity contribution in [3.8, 4) is 0 Å². The second-order valence-corrected chi connectivity index (χ2v) is 1.25. The molecule has 0 unspecified atom stereocenters. The molecule has 0 aliphatic rings. The zero-order valence-electron chi connectivity index (χ0n) is 4.86. The average molecular weight is 100 g/mol. The number of rotatable bonds is 3. The highest BCUT2D eigenvalue weighted by Crippen LogP contribution is 1.58. The van der Waals surface area contributed by atoms with Gasteiger partial charge in [0.05, 0.1) is 0 Å². The molecule has 0 saturated heterocycles. The Hall–Kier alpha value is -0.500. The Morgan fingerprint density at radius 2 is 2.14 bits per heavy atom. The summed E-state index contributed by atoms with van der Waals surface area (Å²) < 4.78 is 0. The molecule has 0 aromatic carbocycles. The van der Waals surface area contributed by atoms with E-state index in [9.17, 15) is 0 Å². The molecule has 0 aromatic rings. The zero-order chi connectivity index (χ0) is 5.54.